The molecule has 0 radical (unpaired) electrons. The minimum atomic E-state index is -0.777. The fourth-order valence-corrected chi connectivity index (χ4v) is 2.57. The van der Waals surface area contributed by atoms with Gasteiger partial charge in [-0.1, -0.05) is 0 Å². The lowest BCUT2D eigenvalue weighted by atomic mass is 10.1. The summed E-state index contributed by atoms with van der Waals surface area (Å²) in [6.45, 7) is 3.09. The summed E-state index contributed by atoms with van der Waals surface area (Å²) in [6, 6.07) is 4.83. The van der Waals surface area contributed by atoms with E-state index in [9.17, 15) is 9.59 Å². The Hall–Kier alpha value is -1.56. The van der Waals surface area contributed by atoms with Gasteiger partial charge in [-0.2, -0.15) is 0 Å². The molecule has 1 atom stereocenters. The highest BCUT2D eigenvalue weighted by atomic mass is 79.9. The summed E-state index contributed by atoms with van der Waals surface area (Å²) in [6.07, 6.45) is 2.39. The van der Waals surface area contributed by atoms with Crippen LogP contribution in [0.4, 0.5) is 5.69 Å². The van der Waals surface area contributed by atoms with Gasteiger partial charge < -0.3 is 15.4 Å². The zero-order valence-corrected chi connectivity index (χ0v) is 13.6. The van der Waals surface area contributed by atoms with E-state index >= 15 is 0 Å². The van der Waals surface area contributed by atoms with E-state index in [0.29, 0.717) is 11.3 Å². The summed E-state index contributed by atoms with van der Waals surface area (Å²) in [7, 11) is 0. The number of nitrogens with zero attached hydrogens (tertiary/aromatic N) is 1. The Kier molecular flexibility index (Phi) is 5.22. The Morgan fingerprint density at radius 2 is 1.95 bits per heavy atom. The van der Waals surface area contributed by atoms with Crippen LogP contribution in [-0.4, -0.2) is 36.0 Å². The molecule has 1 aliphatic rings. The first-order valence-electron chi connectivity index (χ1n) is 7.04. The molecule has 2 N–H and O–H groups in total. The van der Waals surface area contributed by atoms with Crippen LogP contribution < -0.4 is 5.73 Å². The molecule has 114 valence electrons. The predicted octanol–water partition coefficient (Wildman–Crippen LogP) is 2.59. The van der Waals surface area contributed by atoms with Crippen LogP contribution >= 0.6 is 15.9 Å². The maximum absolute atomic E-state index is 12.2. The van der Waals surface area contributed by atoms with Crippen LogP contribution in [0.5, 0.6) is 0 Å². The number of hydrogen-bond donors (Lipinski definition) is 1. The number of anilines is 1. The van der Waals surface area contributed by atoms with Crippen LogP contribution in [0.25, 0.3) is 0 Å². The summed E-state index contributed by atoms with van der Waals surface area (Å²) < 4.78 is 5.96. The number of carbonyl (C=O) groups excluding carboxylic acids is 2. The van der Waals surface area contributed by atoms with E-state index in [1.54, 1.807) is 24.0 Å². The van der Waals surface area contributed by atoms with Gasteiger partial charge in [0.2, 0.25) is 0 Å². The van der Waals surface area contributed by atoms with Crippen molar-refractivity contribution >= 4 is 33.5 Å². The average Bonchev–Trinajstić information content (AvgIpc) is 2.50. The summed E-state index contributed by atoms with van der Waals surface area (Å²) in [5.41, 5.74) is 6.54. The molecule has 0 aromatic heterocycles. The second-order valence-corrected chi connectivity index (χ2v) is 6.02. The topological polar surface area (TPSA) is 72.6 Å². The van der Waals surface area contributed by atoms with Gasteiger partial charge in [0.1, 0.15) is 0 Å². The quantitative estimate of drug-likeness (QED) is 0.668. The van der Waals surface area contributed by atoms with Crippen LogP contribution in [0.1, 0.15) is 36.5 Å². The first kappa shape index (κ1) is 15.8. The van der Waals surface area contributed by atoms with E-state index in [0.717, 1.165) is 36.8 Å². The molecule has 1 fully saturated rings. The van der Waals surface area contributed by atoms with Gasteiger partial charge in [0.05, 0.1) is 5.56 Å². The van der Waals surface area contributed by atoms with Crippen LogP contribution in [0.15, 0.2) is 22.7 Å². The van der Waals surface area contributed by atoms with Gasteiger partial charge in [0, 0.05) is 23.2 Å². The number of ether oxygens (including phenoxy) is 1. The third-order valence-electron chi connectivity index (χ3n) is 3.53. The van der Waals surface area contributed by atoms with E-state index in [4.69, 9.17) is 10.5 Å². The highest BCUT2D eigenvalue weighted by Crippen LogP contribution is 2.21. The number of amides is 1. The number of halogens is 1. The van der Waals surface area contributed by atoms with Crippen molar-refractivity contribution in [3.63, 3.8) is 0 Å². The van der Waals surface area contributed by atoms with Gasteiger partial charge >= 0.3 is 5.97 Å². The number of hydrogen-bond acceptors (Lipinski definition) is 4. The third-order valence-corrected chi connectivity index (χ3v) is 4.25. The molecule has 5 nitrogen and oxygen atoms in total. The third kappa shape index (κ3) is 3.97. The number of carbonyl (C=O) groups is 2. The summed E-state index contributed by atoms with van der Waals surface area (Å²) in [5, 5.41) is 0. The van der Waals surface area contributed by atoms with E-state index < -0.39 is 12.1 Å². The second kappa shape index (κ2) is 6.93. The monoisotopic (exact) mass is 354 g/mol. The molecule has 0 aliphatic carbocycles. The van der Waals surface area contributed by atoms with Crippen LogP contribution in [-0.2, 0) is 9.53 Å². The number of rotatable bonds is 3. The SMILES string of the molecule is CC(OC(=O)c1ccc(Br)c(N)c1)C(=O)N1CCCCC1. The fourth-order valence-electron chi connectivity index (χ4n) is 2.32. The fraction of sp³-hybridized carbons (Fsp3) is 0.467. The molecular formula is C15H19BrN2O3. The standard InChI is InChI=1S/C15H19BrN2O3/c1-10(14(19)18-7-3-2-4-8-18)21-15(20)11-5-6-12(16)13(17)9-11/h5-6,9-10H,2-4,7-8,17H2,1H3. The Balaban J connectivity index is 1.97. The van der Waals surface area contributed by atoms with Crippen molar-refractivity contribution in [3.8, 4) is 0 Å². The lowest BCUT2D eigenvalue weighted by Crippen LogP contribution is -2.42. The smallest absolute Gasteiger partial charge is 0.338 e. The van der Waals surface area contributed by atoms with Crippen molar-refractivity contribution in [2.45, 2.75) is 32.3 Å². The molecule has 0 bridgehead atoms. The maximum Gasteiger partial charge on any atom is 0.338 e. The summed E-state index contributed by atoms with van der Waals surface area (Å²) >= 11 is 3.27. The number of nitrogen functional groups attached to an aromatic ring is 1. The van der Waals surface area contributed by atoms with Crippen molar-refractivity contribution in [2.24, 2.45) is 0 Å². The zero-order valence-electron chi connectivity index (χ0n) is 12.0. The molecule has 2 rings (SSSR count). The first-order chi connectivity index (χ1) is 9.99. The van der Waals surface area contributed by atoms with Gasteiger partial charge in [0.15, 0.2) is 6.10 Å². The first-order valence-corrected chi connectivity index (χ1v) is 7.83. The van der Waals surface area contributed by atoms with E-state index in [1.807, 2.05) is 0 Å². The molecular weight excluding hydrogens is 336 g/mol. The molecule has 1 aromatic carbocycles. The molecule has 6 heteroatoms. The molecule has 21 heavy (non-hydrogen) atoms. The number of nitrogens with two attached hydrogens (primary N) is 1. The van der Waals surface area contributed by atoms with E-state index in [1.165, 1.54) is 6.07 Å². The van der Waals surface area contributed by atoms with Crippen molar-refractivity contribution in [1.29, 1.82) is 0 Å². The minimum absolute atomic E-state index is 0.131. The number of benzene rings is 1. The minimum Gasteiger partial charge on any atom is -0.449 e. The van der Waals surface area contributed by atoms with Crippen molar-refractivity contribution in [3.05, 3.63) is 28.2 Å². The van der Waals surface area contributed by atoms with Gasteiger partial charge in [-0.05, 0) is 60.3 Å². The molecule has 1 heterocycles. The van der Waals surface area contributed by atoms with Crippen LogP contribution in [0.3, 0.4) is 0 Å². The highest BCUT2D eigenvalue weighted by Gasteiger charge is 2.25. The number of esters is 1. The number of piperidine rings is 1. The van der Waals surface area contributed by atoms with Gasteiger partial charge in [-0.3, -0.25) is 4.79 Å². The Labute approximate surface area is 132 Å². The van der Waals surface area contributed by atoms with Gasteiger partial charge in [0.25, 0.3) is 5.91 Å². The predicted molar refractivity (Wildman–Crippen MR) is 83.9 cm³/mol. The Morgan fingerprint density at radius 1 is 1.29 bits per heavy atom. The average molecular weight is 355 g/mol. The van der Waals surface area contributed by atoms with E-state index in [-0.39, 0.29) is 5.91 Å². The zero-order chi connectivity index (χ0) is 15.4. The van der Waals surface area contributed by atoms with Crippen molar-refractivity contribution in [2.75, 3.05) is 18.8 Å². The molecule has 1 unspecified atom stereocenters. The lowest BCUT2D eigenvalue weighted by Gasteiger charge is -2.28. The van der Waals surface area contributed by atoms with E-state index in [2.05, 4.69) is 15.9 Å². The van der Waals surface area contributed by atoms with Crippen LogP contribution in [0.2, 0.25) is 0 Å². The highest BCUT2D eigenvalue weighted by molar-refractivity contribution is 9.10. The molecule has 1 saturated heterocycles. The lowest BCUT2D eigenvalue weighted by molar-refractivity contribution is -0.140. The van der Waals surface area contributed by atoms with Crippen molar-refractivity contribution in [1.82, 2.24) is 4.90 Å². The van der Waals surface area contributed by atoms with Crippen molar-refractivity contribution < 1.29 is 14.3 Å². The molecule has 0 saturated carbocycles. The maximum atomic E-state index is 12.2. The second-order valence-electron chi connectivity index (χ2n) is 5.17. The molecule has 1 amide bonds. The largest absolute Gasteiger partial charge is 0.449 e. The molecule has 0 spiro atoms. The molecule has 1 aromatic rings. The van der Waals surface area contributed by atoms with Crippen LogP contribution in [0, 0.1) is 0 Å². The molecule has 1 aliphatic heterocycles. The summed E-state index contributed by atoms with van der Waals surface area (Å²) in [4.78, 5) is 26.0. The van der Waals surface area contributed by atoms with Gasteiger partial charge in [-0.15, -0.1) is 0 Å². The number of likely N-dealkylation sites (tertiary alicyclic amines) is 1. The summed E-state index contributed by atoms with van der Waals surface area (Å²) in [5.74, 6) is -0.666. The Bertz CT molecular complexity index is 542. The normalized spacial score (nSPS) is 16.4. The van der Waals surface area contributed by atoms with Gasteiger partial charge in [-0.25, -0.2) is 4.79 Å². The Morgan fingerprint density at radius 3 is 2.57 bits per heavy atom.